The molecule has 0 fully saturated rings. The van der Waals surface area contributed by atoms with Gasteiger partial charge in [0.25, 0.3) is 0 Å². The molecule has 0 unspecified atom stereocenters. The first kappa shape index (κ1) is 17.5. The molecule has 0 saturated carbocycles. The molecule has 2 heteroatoms. The second kappa shape index (κ2) is 14.5. The number of hydrogen-bond donors (Lipinski definition) is 0. The van der Waals surface area contributed by atoms with Gasteiger partial charge in [0.05, 0.1) is 6.61 Å². The molecule has 0 amide bonds. The Morgan fingerprint density at radius 2 is 1.50 bits per heavy atom. The molecule has 0 N–H and O–H groups in total. The molecule has 0 atom stereocenters. The average molecular weight is 255 g/mol. The molecule has 107 valence electrons. The summed E-state index contributed by atoms with van der Waals surface area (Å²) in [4.78, 5) is 11.3. The van der Waals surface area contributed by atoms with E-state index >= 15 is 0 Å². The van der Waals surface area contributed by atoms with E-state index in [1.54, 1.807) is 0 Å². The third-order valence-electron chi connectivity index (χ3n) is 3.14. The number of esters is 1. The Morgan fingerprint density at radius 1 is 0.889 bits per heavy atom. The molecule has 0 spiro atoms. The van der Waals surface area contributed by atoms with E-state index in [9.17, 15) is 4.79 Å². The van der Waals surface area contributed by atoms with Crippen LogP contribution in [0.1, 0.15) is 84.0 Å². The van der Waals surface area contributed by atoms with Gasteiger partial charge in [-0.15, -0.1) is 0 Å². The standard InChI is InChI=1S/C16H31O2/c1-3-5-7-8-9-10-11-13-15-18-16(17)14-12-6-4-2/h2-15H2,1H3. The lowest BCUT2D eigenvalue weighted by atomic mass is 10.1. The van der Waals surface area contributed by atoms with Gasteiger partial charge in [0.2, 0.25) is 0 Å². The molecule has 2 nitrogen and oxygen atoms in total. The fraction of sp³-hybridized carbons (Fsp3) is 0.875. The van der Waals surface area contributed by atoms with Gasteiger partial charge in [-0.25, -0.2) is 0 Å². The molecule has 0 saturated heterocycles. The largest absolute Gasteiger partial charge is 0.466 e. The van der Waals surface area contributed by atoms with Crippen molar-refractivity contribution in [2.24, 2.45) is 0 Å². The lowest BCUT2D eigenvalue weighted by Crippen LogP contribution is -2.05. The van der Waals surface area contributed by atoms with Crippen molar-refractivity contribution < 1.29 is 9.53 Å². The van der Waals surface area contributed by atoms with Gasteiger partial charge < -0.3 is 4.74 Å². The topological polar surface area (TPSA) is 26.3 Å². The van der Waals surface area contributed by atoms with Crippen LogP contribution in [0.5, 0.6) is 0 Å². The second-order valence-electron chi connectivity index (χ2n) is 5.01. The first-order chi connectivity index (χ1) is 8.81. The van der Waals surface area contributed by atoms with E-state index in [-0.39, 0.29) is 5.97 Å². The summed E-state index contributed by atoms with van der Waals surface area (Å²) in [7, 11) is 0. The van der Waals surface area contributed by atoms with E-state index in [0.717, 1.165) is 25.7 Å². The monoisotopic (exact) mass is 255 g/mol. The minimum atomic E-state index is -0.0357. The molecular weight excluding hydrogens is 224 g/mol. The maximum Gasteiger partial charge on any atom is 0.305 e. The van der Waals surface area contributed by atoms with E-state index in [4.69, 9.17) is 4.74 Å². The maximum atomic E-state index is 11.3. The van der Waals surface area contributed by atoms with Gasteiger partial charge in [-0.05, 0) is 12.8 Å². The fourth-order valence-corrected chi connectivity index (χ4v) is 1.94. The van der Waals surface area contributed by atoms with Crippen LogP contribution in [0.2, 0.25) is 0 Å². The molecule has 0 aliphatic rings. The highest BCUT2D eigenvalue weighted by Crippen LogP contribution is 2.08. The van der Waals surface area contributed by atoms with Crippen molar-refractivity contribution in [1.29, 1.82) is 0 Å². The number of rotatable bonds is 13. The zero-order valence-corrected chi connectivity index (χ0v) is 12.2. The molecule has 1 radical (unpaired) electrons. The number of ether oxygens (including phenoxy) is 1. The van der Waals surface area contributed by atoms with E-state index < -0.39 is 0 Å². The minimum Gasteiger partial charge on any atom is -0.466 e. The third kappa shape index (κ3) is 13.5. The first-order valence-electron chi connectivity index (χ1n) is 7.76. The predicted octanol–water partition coefficient (Wildman–Crippen LogP) is 5.06. The summed E-state index contributed by atoms with van der Waals surface area (Å²) >= 11 is 0. The average Bonchev–Trinajstić information content (AvgIpc) is 2.37. The van der Waals surface area contributed by atoms with Gasteiger partial charge in [-0.2, -0.15) is 0 Å². The van der Waals surface area contributed by atoms with Crippen molar-refractivity contribution in [3.63, 3.8) is 0 Å². The van der Waals surface area contributed by atoms with Crippen molar-refractivity contribution in [2.45, 2.75) is 84.0 Å². The summed E-state index contributed by atoms with van der Waals surface area (Å²) in [6.45, 7) is 6.60. The van der Waals surface area contributed by atoms with Crippen molar-refractivity contribution >= 4 is 5.97 Å². The van der Waals surface area contributed by atoms with Crippen LogP contribution in [0.3, 0.4) is 0 Å². The Hall–Kier alpha value is -0.530. The summed E-state index contributed by atoms with van der Waals surface area (Å²) < 4.78 is 5.17. The summed E-state index contributed by atoms with van der Waals surface area (Å²) in [5.74, 6) is -0.0357. The molecule has 0 aromatic heterocycles. The highest BCUT2D eigenvalue weighted by atomic mass is 16.5. The Labute approximate surface area is 113 Å². The van der Waals surface area contributed by atoms with E-state index in [1.807, 2.05) is 0 Å². The molecule has 0 aromatic rings. The molecule has 18 heavy (non-hydrogen) atoms. The van der Waals surface area contributed by atoms with Crippen LogP contribution in [0.25, 0.3) is 0 Å². The highest BCUT2D eigenvalue weighted by molar-refractivity contribution is 5.69. The van der Waals surface area contributed by atoms with Gasteiger partial charge in [0.1, 0.15) is 0 Å². The van der Waals surface area contributed by atoms with Gasteiger partial charge in [-0.1, -0.05) is 71.6 Å². The normalized spacial score (nSPS) is 10.6. The van der Waals surface area contributed by atoms with Crippen LogP contribution in [0.4, 0.5) is 0 Å². The Bertz CT molecular complexity index is 178. The van der Waals surface area contributed by atoms with E-state index in [2.05, 4.69) is 13.8 Å². The molecule has 0 rings (SSSR count). The second-order valence-corrected chi connectivity index (χ2v) is 5.01. The van der Waals surface area contributed by atoms with E-state index in [0.29, 0.717) is 13.0 Å². The van der Waals surface area contributed by atoms with Gasteiger partial charge >= 0.3 is 5.97 Å². The molecule has 0 aromatic carbocycles. The van der Waals surface area contributed by atoms with Crippen LogP contribution in [-0.2, 0) is 9.53 Å². The summed E-state index contributed by atoms with van der Waals surface area (Å²) in [5, 5.41) is 0. The number of unbranched alkanes of at least 4 members (excludes halogenated alkanes) is 9. The Kier molecular flexibility index (Phi) is 14.1. The molecule has 0 aliphatic carbocycles. The van der Waals surface area contributed by atoms with Crippen LogP contribution in [0, 0.1) is 6.92 Å². The molecule has 0 heterocycles. The van der Waals surface area contributed by atoms with Crippen molar-refractivity contribution in [3.05, 3.63) is 6.92 Å². The SMILES string of the molecule is [CH2]CCCCC(=O)OCCCCCCCCCC. The molecular formula is C16H31O2. The van der Waals surface area contributed by atoms with Crippen LogP contribution in [0.15, 0.2) is 0 Å². The molecule has 0 aliphatic heterocycles. The smallest absolute Gasteiger partial charge is 0.305 e. The van der Waals surface area contributed by atoms with Crippen LogP contribution < -0.4 is 0 Å². The van der Waals surface area contributed by atoms with E-state index in [1.165, 1.54) is 44.9 Å². The summed E-state index contributed by atoms with van der Waals surface area (Å²) in [5.41, 5.74) is 0. The van der Waals surface area contributed by atoms with Gasteiger partial charge in [0.15, 0.2) is 0 Å². The van der Waals surface area contributed by atoms with Crippen LogP contribution in [-0.4, -0.2) is 12.6 Å². The molecule has 0 bridgehead atoms. The zero-order chi connectivity index (χ0) is 13.5. The van der Waals surface area contributed by atoms with Gasteiger partial charge in [0, 0.05) is 6.42 Å². The van der Waals surface area contributed by atoms with Crippen molar-refractivity contribution in [2.75, 3.05) is 6.61 Å². The Balaban J connectivity index is 3.08. The lowest BCUT2D eigenvalue weighted by molar-refractivity contribution is -0.143. The van der Waals surface area contributed by atoms with Crippen molar-refractivity contribution in [1.82, 2.24) is 0 Å². The quantitative estimate of drug-likeness (QED) is 0.339. The number of hydrogen-bond acceptors (Lipinski definition) is 2. The third-order valence-corrected chi connectivity index (χ3v) is 3.14. The highest BCUT2D eigenvalue weighted by Gasteiger charge is 2.01. The summed E-state index contributed by atoms with van der Waals surface area (Å²) in [6.07, 6.45) is 13.6. The summed E-state index contributed by atoms with van der Waals surface area (Å²) in [6, 6.07) is 0. The maximum absolute atomic E-state index is 11.3. The number of carbonyl (C=O) groups is 1. The van der Waals surface area contributed by atoms with Crippen LogP contribution >= 0.6 is 0 Å². The first-order valence-corrected chi connectivity index (χ1v) is 7.76. The van der Waals surface area contributed by atoms with Crippen molar-refractivity contribution in [3.8, 4) is 0 Å². The minimum absolute atomic E-state index is 0.0357. The fourth-order valence-electron chi connectivity index (χ4n) is 1.94. The van der Waals surface area contributed by atoms with Gasteiger partial charge in [-0.3, -0.25) is 4.79 Å². The predicted molar refractivity (Wildman–Crippen MR) is 77.4 cm³/mol. The lowest BCUT2D eigenvalue weighted by Gasteiger charge is -2.04. The number of carbonyl (C=O) groups excluding carboxylic acids is 1. The zero-order valence-electron chi connectivity index (χ0n) is 12.2. The Morgan fingerprint density at radius 3 is 2.11 bits per heavy atom.